The van der Waals surface area contributed by atoms with Gasteiger partial charge in [-0.3, -0.25) is 0 Å². The van der Waals surface area contributed by atoms with Gasteiger partial charge in [0.15, 0.2) is 0 Å². The van der Waals surface area contributed by atoms with Crippen molar-refractivity contribution in [1.82, 2.24) is 0 Å². The molecule has 0 aliphatic rings. The summed E-state index contributed by atoms with van der Waals surface area (Å²) in [6.45, 7) is 1.26. The van der Waals surface area contributed by atoms with Crippen molar-refractivity contribution in [2.45, 2.75) is 0 Å². The smallest absolute Gasteiger partial charge is 0.811 e. The second-order valence-electron chi connectivity index (χ2n) is 1.54. The second kappa shape index (κ2) is 6.67. The Labute approximate surface area is 83.5 Å². The van der Waals surface area contributed by atoms with Crippen molar-refractivity contribution >= 4 is 15.2 Å². The molecule has 0 rings (SSSR count). The Balaban J connectivity index is -0.000000107. The van der Waals surface area contributed by atoms with Gasteiger partial charge in [-0.05, 0) is 13.3 Å². The first-order valence-electron chi connectivity index (χ1n) is 1.99. The van der Waals surface area contributed by atoms with Crippen LogP contribution < -0.4 is 19.6 Å². The van der Waals surface area contributed by atoms with Gasteiger partial charge in [0.25, 0.3) is 0 Å². The first-order valence-corrected chi connectivity index (χ1v) is 5.97. The van der Waals surface area contributed by atoms with E-state index < -0.39 is 15.2 Å². The molecule has 0 amide bonds. The molecular weight excluding hydrogens is 273 g/mol. The SMILES string of the molecule is CP(=O)([O-])[O-].CP(=O)([O-])[O-].[Zr+4]. The molecule has 64 valence electrons. The summed E-state index contributed by atoms with van der Waals surface area (Å²) in [5.41, 5.74) is 0. The van der Waals surface area contributed by atoms with E-state index in [0.717, 1.165) is 0 Å². The monoisotopic (exact) mass is 278 g/mol. The summed E-state index contributed by atoms with van der Waals surface area (Å²) in [5, 5.41) is 0. The maximum atomic E-state index is 9.10. The maximum Gasteiger partial charge on any atom is 4.00 e. The first kappa shape index (κ1) is 18.1. The fraction of sp³-hybridized carbons (Fsp3) is 1.00. The third-order valence-electron chi connectivity index (χ3n) is 0. The van der Waals surface area contributed by atoms with Crippen molar-refractivity contribution < 1.29 is 54.9 Å². The standard InChI is InChI=1S/2CH5O3P.Zr/c2*1-5(2,3)4;/h2*1H3,(H2,2,3,4);/q;;+4/p-4. The Morgan fingerprint density at radius 2 is 0.818 bits per heavy atom. The first-order chi connectivity index (χ1) is 4.00. The molecular formula is C2H6O6P2Zr. The summed E-state index contributed by atoms with van der Waals surface area (Å²) in [6.07, 6.45) is 0. The van der Waals surface area contributed by atoms with Crippen LogP contribution in [0.15, 0.2) is 0 Å². The number of hydrogen-bond acceptors (Lipinski definition) is 6. The van der Waals surface area contributed by atoms with Crippen molar-refractivity contribution in [2.75, 3.05) is 13.3 Å². The van der Waals surface area contributed by atoms with Crippen LogP contribution in [0.25, 0.3) is 0 Å². The maximum absolute atomic E-state index is 9.10. The van der Waals surface area contributed by atoms with E-state index in [-0.39, 0.29) is 26.2 Å². The Bertz CT molecular complexity index is 131. The van der Waals surface area contributed by atoms with Gasteiger partial charge in [0, 0.05) is 0 Å². The molecule has 0 N–H and O–H groups in total. The third-order valence-corrected chi connectivity index (χ3v) is 0. The summed E-state index contributed by atoms with van der Waals surface area (Å²) >= 11 is 0. The van der Waals surface area contributed by atoms with Gasteiger partial charge in [0.05, 0.1) is 0 Å². The molecule has 0 aromatic rings. The molecule has 0 aliphatic carbocycles. The summed E-state index contributed by atoms with van der Waals surface area (Å²) in [7, 11) is -8.28. The molecule has 0 heterocycles. The van der Waals surface area contributed by atoms with Gasteiger partial charge in [0.1, 0.15) is 0 Å². The van der Waals surface area contributed by atoms with Crippen LogP contribution in [0.2, 0.25) is 0 Å². The van der Waals surface area contributed by atoms with E-state index in [0.29, 0.717) is 13.3 Å². The normalized spacial score (nSPS) is 10.7. The topological polar surface area (TPSA) is 126 Å². The molecule has 0 unspecified atom stereocenters. The summed E-state index contributed by atoms with van der Waals surface area (Å²) in [4.78, 5) is 36.4. The van der Waals surface area contributed by atoms with Gasteiger partial charge in [0.2, 0.25) is 0 Å². The minimum Gasteiger partial charge on any atom is -0.811 e. The summed E-state index contributed by atoms with van der Waals surface area (Å²) < 4.78 is 18.2. The van der Waals surface area contributed by atoms with E-state index in [1.807, 2.05) is 0 Å². The van der Waals surface area contributed by atoms with E-state index in [4.69, 9.17) is 28.7 Å². The zero-order valence-electron chi connectivity index (χ0n) is 5.84. The van der Waals surface area contributed by atoms with Gasteiger partial charge in [-0.15, -0.1) is 0 Å². The molecule has 0 spiro atoms. The number of rotatable bonds is 0. The van der Waals surface area contributed by atoms with E-state index in [1.54, 1.807) is 0 Å². The minimum atomic E-state index is -4.14. The Morgan fingerprint density at radius 3 is 0.818 bits per heavy atom. The van der Waals surface area contributed by atoms with Gasteiger partial charge in [-0.25, -0.2) is 0 Å². The van der Waals surface area contributed by atoms with Gasteiger partial charge in [-0.2, -0.15) is 0 Å². The molecule has 9 heteroatoms. The molecule has 0 saturated heterocycles. The quantitative estimate of drug-likeness (QED) is 0.436. The van der Waals surface area contributed by atoms with Crippen LogP contribution in [0, 0.1) is 0 Å². The van der Waals surface area contributed by atoms with Gasteiger partial charge in [-0.1, -0.05) is 15.2 Å². The van der Waals surface area contributed by atoms with Crippen molar-refractivity contribution in [3.05, 3.63) is 0 Å². The van der Waals surface area contributed by atoms with Crippen LogP contribution >= 0.6 is 15.2 Å². The number of hydrogen-bond donors (Lipinski definition) is 0. The zero-order chi connectivity index (χ0) is 9.00. The van der Waals surface area contributed by atoms with Crippen LogP contribution in [0.1, 0.15) is 0 Å². The van der Waals surface area contributed by atoms with Crippen LogP contribution in [0.3, 0.4) is 0 Å². The predicted octanol–water partition coefficient (Wildman–Crippen LogP) is -2.94. The molecule has 0 atom stereocenters. The van der Waals surface area contributed by atoms with E-state index in [2.05, 4.69) is 0 Å². The molecule has 0 aliphatic heterocycles. The molecule has 0 aromatic carbocycles. The van der Waals surface area contributed by atoms with Gasteiger partial charge < -0.3 is 28.7 Å². The molecule has 0 aromatic heterocycles. The fourth-order valence-corrected chi connectivity index (χ4v) is 0. The molecule has 0 fully saturated rings. The van der Waals surface area contributed by atoms with Crippen LogP contribution in [-0.4, -0.2) is 13.3 Å². The van der Waals surface area contributed by atoms with Crippen molar-refractivity contribution in [2.24, 2.45) is 0 Å². The summed E-state index contributed by atoms with van der Waals surface area (Å²) in [5.74, 6) is 0. The summed E-state index contributed by atoms with van der Waals surface area (Å²) in [6, 6.07) is 0. The van der Waals surface area contributed by atoms with Crippen molar-refractivity contribution in [1.29, 1.82) is 0 Å². The van der Waals surface area contributed by atoms with Gasteiger partial charge >= 0.3 is 26.2 Å². The Hall–Kier alpha value is 1.18. The van der Waals surface area contributed by atoms with Crippen LogP contribution in [0.4, 0.5) is 0 Å². The van der Waals surface area contributed by atoms with Crippen molar-refractivity contribution in [3.63, 3.8) is 0 Å². The molecule has 11 heavy (non-hydrogen) atoms. The predicted molar refractivity (Wildman–Crippen MR) is 27.1 cm³/mol. The second-order valence-corrected chi connectivity index (χ2v) is 4.63. The Morgan fingerprint density at radius 1 is 0.818 bits per heavy atom. The zero-order valence-corrected chi connectivity index (χ0v) is 10.1. The third kappa shape index (κ3) is 674. The van der Waals surface area contributed by atoms with E-state index in [1.165, 1.54) is 0 Å². The molecule has 6 nitrogen and oxygen atoms in total. The fourth-order valence-electron chi connectivity index (χ4n) is 0. The average Bonchev–Trinajstić information content (AvgIpc) is 1.12. The molecule has 0 radical (unpaired) electrons. The minimum absolute atomic E-state index is 0. The van der Waals surface area contributed by atoms with Crippen LogP contribution in [0.5, 0.6) is 0 Å². The molecule has 0 saturated carbocycles. The largest absolute Gasteiger partial charge is 4.00 e. The van der Waals surface area contributed by atoms with Crippen LogP contribution in [-0.2, 0) is 35.3 Å². The molecule has 0 bridgehead atoms. The average molecular weight is 279 g/mol. The Kier molecular flexibility index (Phi) is 11.0. The van der Waals surface area contributed by atoms with E-state index in [9.17, 15) is 0 Å². The van der Waals surface area contributed by atoms with Crippen molar-refractivity contribution in [3.8, 4) is 0 Å². The van der Waals surface area contributed by atoms with E-state index >= 15 is 0 Å².